The lowest BCUT2D eigenvalue weighted by atomic mass is 9.84. The van der Waals surface area contributed by atoms with Crippen LogP contribution in [0.4, 0.5) is 0 Å². The van der Waals surface area contributed by atoms with Crippen molar-refractivity contribution in [2.24, 2.45) is 5.92 Å². The molecule has 0 saturated carbocycles. The molecule has 0 aromatic heterocycles. The number of sulfonamides is 1. The number of nitriles is 1. The number of carbonyl (C=O) groups excluding carboxylic acids is 2. The largest absolute Gasteiger partial charge is 0.456 e. The predicted molar refractivity (Wildman–Crippen MR) is 140 cm³/mol. The van der Waals surface area contributed by atoms with Crippen LogP contribution in [0.2, 0.25) is 10.0 Å². The number of hydrogen-bond acceptors (Lipinski definition) is 7. The summed E-state index contributed by atoms with van der Waals surface area (Å²) in [7, 11) is -4.24. The molecule has 200 valence electrons. The quantitative estimate of drug-likeness (QED) is 0.438. The Morgan fingerprint density at radius 1 is 1.03 bits per heavy atom. The van der Waals surface area contributed by atoms with Crippen LogP contribution in [0, 0.1) is 17.2 Å². The monoisotopic (exact) mass is 576 g/mol. The van der Waals surface area contributed by atoms with Gasteiger partial charge in [-0.15, -0.1) is 0 Å². The molecular weight excluding hydrogens is 551 g/mol. The molecule has 4 aliphatic heterocycles. The van der Waals surface area contributed by atoms with Gasteiger partial charge in [0, 0.05) is 48.6 Å². The topological polar surface area (TPSA) is 111 Å². The van der Waals surface area contributed by atoms with Crippen molar-refractivity contribution in [1.82, 2.24) is 14.1 Å². The highest BCUT2D eigenvalue weighted by Crippen LogP contribution is 2.38. The number of benzene rings is 2. The number of hydrogen-bond donors (Lipinski definition) is 0. The number of amides is 2. The number of likely N-dealkylation sites (tertiary alicyclic amines) is 1. The predicted octanol–water partition coefficient (Wildman–Crippen LogP) is 3.89. The van der Waals surface area contributed by atoms with Crippen LogP contribution in [0.1, 0.15) is 31.2 Å². The highest BCUT2D eigenvalue weighted by Gasteiger charge is 2.44. The molecule has 0 N–H and O–H groups in total. The van der Waals surface area contributed by atoms with Crippen molar-refractivity contribution in [3.63, 3.8) is 0 Å². The minimum absolute atomic E-state index is 0.0157. The van der Waals surface area contributed by atoms with Crippen LogP contribution in [-0.4, -0.2) is 73.1 Å². The molecule has 4 heterocycles. The van der Waals surface area contributed by atoms with Crippen LogP contribution in [0.15, 0.2) is 41.3 Å². The van der Waals surface area contributed by atoms with Crippen molar-refractivity contribution < 1.29 is 22.7 Å². The molecule has 0 radical (unpaired) electrons. The standard InChI is InChI=1S/C26H26Cl2N4O5S/c27-19-12-20(28)14-21(13-19)37-23-2-1-17(15-29)11-24(23)38(35,36)32(10-9-31-25(33)3-4-26(31)34)22-16-30-7-5-18(22)6-8-30/h1-2,11-14,18,22H,3-10,16H2. The van der Waals surface area contributed by atoms with E-state index in [-0.39, 0.29) is 71.7 Å². The molecule has 9 nitrogen and oxygen atoms in total. The van der Waals surface area contributed by atoms with Crippen LogP contribution in [0.5, 0.6) is 11.5 Å². The second kappa shape index (κ2) is 10.8. The lowest BCUT2D eigenvalue weighted by molar-refractivity contribution is -0.138. The van der Waals surface area contributed by atoms with E-state index in [4.69, 9.17) is 27.9 Å². The SMILES string of the molecule is N#Cc1ccc(Oc2cc(Cl)cc(Cl)c2)c(S(=O)(=O)N(CCN2C(=O)CCC2=O)C2CN3CCC2CC3)c1. The third kappa shape index (κ3) is 5.40. The van der Waals surface area contributed by atoms with Gasteiger partial charge in [-0.3, -0.25) is 14.5 Å². The number of imide groups is 1. The van der Waals surface area contributed by atoms with E-state index >= 15 is 0 Å². The first kappa shape index (κ1) is 26.9. The maximum absolute atomic E-state index is 14.4. The van der Waals surface area contributed by atoms with E-state index in [1.54, 1.807) is 0 Å². The Balaban J connectivity index is 1.54. The Bertz CT molecular complexity index is 1380. The van der Waals surface area contributed by atoms with Crippen LogP contribution >= 0.6 is 23.2 Å². The van der Waals surface area contributed by atoms with Crippen molar-refractivity contribution in [3.8, 4) is 17.6 Å². The maximum Gasteiger partial charge on any atom is 0.247 e. The van der Waals surface area contributed by atoms with Gasteiger partial charge < -0.3 is 9.64 Å². The molecule has 2 aromatic carbocycles. The number of carbonyl (C=O) groups is 2. The second-order valence-corrected chi connectivity index (χ2v) is 12.5. The molecular formula is C26H26Cl2N4O5S. The van der Waals surface area contributed by atoms with Gasteiger partial charge in [-0.1, -0.05) is 23.2 Å². The van der Waals surface area contributed by atoms with E-state index < -0.39 is 10.0 Å². The number of fused-ring (bicyclic) bond motifs is 3. The summed E-state index contributed by atoms with van der Waals surface area (Å²) in [5.41, 5.74) is 0.152. The summed E-state index contributed by atoms with van der Waals surface area (Å²) in [5, 5.41) is 10.2. The zero-order valence-electron chi connectivity index (χ0n) is 20.5. The Morgan fingerprint density at radius 2 is 1.68 bits per heavy atom. The average Bonchev–Trinajstić information content (AvgIpc) is 3.21. The van der Waals surface area contributed by atoms with Gasteiger partial charge in [0.2, 0.25) is 21.8 Å². The van der Waals surface area contributed by atoms with Crippen LogP contribution in [-0.2, 0) is 19.6 Å². The summed E-state index contributed by atoms with van der Waals surface area (Å²) in [4.78, 5) is 27.7. The summed E-state index contributed by atoms with van der Waals surface area (Å²) in [6.45, 7) is 2.30. The molecule has 2 aromatic rings. The first-order chi connectivity index (χ1) is 18.2. The first-order valence-electron chi connectivity index (χ1n) is 12.4. The van der Waals surface area contributed by atoms with Gasteiger partial charge in [0.05, 0.1) is 11.6 Å². The Labute approximate surface area is 231 Å². The third-order valence-corrected chi connectivity index (χ3v) is 9.80. The van der Waals surface area contributed by atoms with E-state index in [1.165, 1.54) is 40.7 Å². The fourth-order valence-corrected chi connectivity index (χ4v) is 7.82. The molecule has 6 rings (SSSR count). The number of nitrogens with zero attached hydrogens (tertiary/aromatic N) is 4. The Kier molecular flexibility index (Phi) is 7.67. The van der Waals surface area contributed by atoms with Crippen LogP contribution in [0.25, 0.3) is 0 Å². The molecule has 4 saturated heterocycles. The van der Waals surface area contributed by atoms with Crippen molar-refractivity contribution in [2.75, 3.05) is 32.7 Å². The lowest BCUT2D eigenvalue weighted by Crippen LogP contribution is -2.59. The summed E-state index contributed by atoms with van der Waals surface area (Å²) in [5.74, 6) is -0.188. The summed E-state index contributed by atoms with van der Waals surface area (Å²) >= 11 is 12.2. The van der Waals surface area contributed by atoms with E-state index in [0.29, 0.717) is 16.6 Å². The van der Waals surface area contributed by atoms with Gasteiger partial charge in [-0.25, -0.2) is 8.42 Å². The van der Waals surface area contributed by atoms with Crippen LogP contribution < -0.4 is 4.74 Å². The van der Waals surface area contributed by atoms with Crippen molar-refractivity contribution in [2.45, 2.75) is 36.6 Å². The van der Waals surface area contributed by atoms with E-state index in [1.807, 2.05) is 6.07 Å². The van der Waals surface area contributed by atoms with E-state index in [2.05, 4.69) is 4.90 Å². The average molecular weight is 577 g/mol. The third-order valence-electron chi connectivity index (χ3n) is 7.41. The minimum atomic E-state index is -4.24. The Hall–Kier alpha value is -2.68. The number of rotatable bonds is 8. The molecule has 4 fully saturated rings. The molecule has 2 bridgehead atoms. The van der Waals surface area contributed by atoms with Gasteiger partial charge in [0.15, 0.2) is 0 Å². The molecule has 1 atom stereocenters. The van der Waals surface area contributed by atoms with E-state index in [0.717, 1.165) is 30.8 Å². The normalized spacial score (nSPS) is 23.2. The summed E-state index contributed by atoms with van der Waals surface area (Å²) in [6, 6.07) is 10.4. The second-order valence-electron chi connectivity index (χ2n) is 9.74. The van der Waals surface area contributed by atoms with Crippen molar-refractivity contribution >= 4 is 45.0 Å². The molecule has 4 aliphatic rings. The van der Waals surface area contributed by atoms with Gasteiger partial charge in [-0.05, 0) is 68.2 Å². The smallest absolute Gasteiger partial charge is 0.247 e. The van der Waals surface area contributed by atoms with E-state index in [9.17, 15) is 23.3 Å². The maximum atomic E-state index is 14.4. The molecule has 2 amide bonds. The zero-order chi connectivity index (χ0) is 27.0. The molecule has 38 heavy (non-hydrogen) atoms. The number of ether oxygens (including phenoxy) is 1. The fourth-order valence-electron chi connectivity index (χ4n) is 5.50. The molecule has 0 aliphatic carbocycles. The first-order valence-corrected chi connectivity index (χ1v) is 14.6. The zero-order valence-corrected chi connectivity index (χ0v) is 22.8. The van der Waals surface area contributed by atoms with Crippen molar-refractivity contribution in [1.29, 1.82) is 5.26 Å². The van der Waals surface area contributed by atoms with Gasteiger partial charge >= 0.3 is 0 Å². The number of halogens is 2. The number of piperidine rings is 3. The van der Waals surface area contributed by atoms with Gasteiger partial charge in [0.25, 0.3) is 0 Å². The lowest BCUT2D eigenvalue weighted by Gasteiger charge is -2.48. The summed E-state index contributed by atoms with van der Waals surface area (Å²) in [6.07, 6.45) is 1.99. The van der Waals surface area contributed by atoms with Crippen molar-refractivity contribution in [3.05, 3.63) is 52.0 Å². The Morgan fingerprint density at radius 3 is 2.26 bits per heavy atom. The highest BCUT2D eigenvalue weighted by molar-refractivity contribution is 7.89. The molecule has 12 heteroatoms. The highest BCUT2D eigenvalue weighted by atomic mass is 35.5. The van der Waals surface area contributed by atoms with Gasteiger partial charge in [0.1, 0.15) is 16.4 Å². The molecule has 0 spiro atoms. The summed E-state index contributed by atoms with van der Waals surface area (Å²) < 4.78 is 36.1. The fraction of sp³-hybridized carbons (Fsp3) is 0.423. The minimum Gasteiger partial charge on any atom is -0.456 e. The van der Waals surface area contributed by atoms with Gasteiger partial charge in [-0.2, -0.15) is 9.57 Å². The molecule has 1 unspecified atom stereocenters. The van der Waals surface area contributed by atoms with Crippen LogP contribution in [0.3, 0.4) is 0 Å².